The summed E-state index contributed by atoms with van der Waals surface area (Å²) in [7, 11) is 0. The minimum absolute atomic E-state index is 0.392. The fraction of sp³-hybridized carbons (Fsp3) is 0.375. The summed E-state index contributed by atoms with van der Waals surface area (Å²) < 4.78 is 1.01. The Bertz CT molecular complexity index is 324. The molecule has 0 aromatic carbocycles. The molecule has 3 N–H and O–H groups in total. The summed E-state index contributed by atoms with van der Waals surface area (Å²) >= 11 is 4.93. The van der Waals surface area contributed by atoms with Crippen LogP contribution in [0.4, 0.5) is 0 Å². The van der Waals surface area contributed by atoms with Crippen molar-refractivity contribution in [2.24, 2.45) is 5.73 Å². The van der Waals surface area contributed by atoms with Gasteiger partial charge in [0.2, 0.25) is 0 Å². The molecule has 13 heavy (non-hydrogen) atoms. The van der Waals surface area contributed by atoms with Crippen LogP contribution >= 0.6 is 27.3 Å². The van der Waals surface area contributed by atoms with Gasteiger partial charge in [0.25, 0.3) is 0 Å². The van der Waals surface area contributed by atoms with Crippen molar-refractivity contribution in [1.29, 1.82) is 0 Å². The molecule has 1 unspecified atom stereocenters. The molecule has 1 aromatic heterocycles. The molecule has 1 aromatic rings. The number of aliphatic carboxylic acids is 1. The Hall–Kier alpha value is -0.390. The highest BCUT2D eigenvalue weighted by molar-refractivity contribution is 9.11. The second-order valence-electron chi connectivity index (χ2n) is 2.78. The average molecular weight is 264 g/mol. The van der Waals surface area contributed by atoms with Crippen LogP contribution in [0.2, 0.25) is 0 Å². The lowest BCUT2D eigenvalue weighted by Gasteiger charge is -2.04. The second kappa shape index (κ2) is 4.21. The van der Waals surface area contributed by atoms with Gasteiger partial charge in [-0.05, 0) is 40.9 Å². The van der Waals surface area contributed by atoms with E-state index in [1.54, 1.807) is 11.3 Å². The molecule has 0 amide bonds. The summed E-state index contributed by atoms with van der Waals surface area (Å²) in [4.78, 5) is 11.6. The van der Waals surface area contributed by atoms with Crippen molar-refractivity contribution in [3.8, 4) is 0 Å². The lowest BCUT2D eigenvalue weighted by molar-refractivity contribution is -0.138. The van der Waals surface area contributed by atoms with E-state index in [2.05, 4.69) is 15.9 Å². The number of thiophene rings is 1. The number of carbonyl (C=O) groups is 1. The Morgan fingerprint density at radius 2 is 2.46 bits per heavy atom. The third-order valence-electron chi connectivity index (χ3n) is 1.75. The van der Waals surface area contributed by atoms with Crippen molar-refractivity contribution in [3.05, 3.63) is 20.3 Å². The van der Waals surface area contributed by atoms with Crippen LogP contribution in [0.5, 0.6) is 0 Å². The van der Waals surface area contributed by atoms with Gasteiger partial charge in [-0.15, -0.1) is 11.3 Å². The maximum absolute atomic E-state index is 10.5. The van der Waals surface area contributed by atoms with E-state index in [1.165, 1.54) is 0 Å². The smallest absolute Gasteiger partial charge is 0.320 e. The Labute approximate surface area is 88.7 Å². The molecule has 0 aliphatic rings. The van der Waals surface area contributed by atoms with Crippen molar-refractivity contribution in [3.63, 3.8) is 0 Å². The van der Waals surface area contributed by atoms with E-state index < -0.39 is 12.0 Å². The molecule has 1 atom stereocenters. The number of nitrogens with two attached hydrogens (primary N) is 1. The van der Waals surface area contributed by atoms with E-state index in [9.17, 15) is 4.79 Å². The quantitative estimate of drug-likeness (QED) is 0.874. The van der Waals surface area contributed by atoms with Gasteiger partial charge in [-0.25, -0.2) is 0 Å². The van der Waals surface area contributed by atoms with E-state index in [0.29, 0.717) is 6.42 Å². The van der Waals surface area contributed by atoms with Crippen LogP contribution < -0.4 is 5.73 Å². The van der Waals surface area contributed by atoms with Crippen LogP contribution in [0, 0.1) is 6.92 Å². The lowest BCUT2D eigenvalue weighted by atomic mass is 10.1. The first-order chi connectivity index (χ1) is 6.00. The third-order valence-corrected chi connectivity index (χ3v) is 3.34. The van der Waals surface area contributed by atoms with E-state index in [1.807, 2.05) is 13.0 Å². The van der Waals surface area contributed by atoms with E-state index in [4.69, 9.17) is 10.8 Å². The van der Waals surface area contributed by atoms with Crippen LogP contribution in [0.1, 0.15) is 10.4 Å². The van der Waals surface area contributed by atoms with Gasteiger partial charge in [0, 0.05) is 4.88 Å². The van der Waals surface area contributed by atoms with Crippen LogP contribution in [0.3, 0.4) is 0 Å². The summed E-state index contributed by atoms with van der Waals surface area (Å²) in [6, 6.07) is 1.11. The molecule has 3 nitrogen and oxygen atoms in total. The summed E-state index contributed by atoms with van der Waals surface area (Å²) in [6.07, 6.45) is 0.392. The zero-order chi connectivity index (χ0) is 10.0. The molecular formula is C8H10BrNO2S. The SMILES string of the molecule is Cc1sc(Br)cc1CC(N)C(=O)O. The fourth-order valence-corrected chi connectivity index (χ4v) is 2.78. The molecule has 72 valence electrons. The molecule has 0 aliphatic carbocycles. The van der Waals surface area contributed by atoms with Gasteiger partial charge in [0.1, 0.15) is 6.04 Å². The molecule has 1 rings (SSSR count). The normalized spacial score (nSPS) is 12.8. The minimum Gasteiger partial charge on any atom is -0.480 e. The zero-order valence-electron chi connectivity index (χ0n) is 7.08. The third kappa shape index (κ3) is 2.79. The molecule has 0 aliphatic heterocycles. The Morgan fingerprint density at radius 3 is 2.85 bits per heavy atom. The predicted octanol–water partition coefficient (Wildman–Crippen LogP) is 1.77. The van der Waals surface area contributed by atoms with Crippen molar-refractivity contribution >= 4 is 33.2 Å². The first kappa shape index (κ1) is 10.7. The van der Waals surface area contributed by atoms with Crippen molar-refractivity contribution in [2.45, 2.75) is 19.4 Å². The average Bonchev–Trinajstić information content (AvgIpc) is 2.30. The van der Waals surface area contributed by atoms with Gasteiger partial charge in [-0.3, -0.25) is 4.79 Å². The number of carboxylic acid groups (broad SMARTS) is 1. The molecule has 0 bridgehead atoms. The van der Waals surface area contributed by atoms with Crippen LogP contribution in [-0.4, -0.2) is 17.1 Å². The summed E-state index contributed by atoms with van der Waals surface area (Å²) in [5.74, 6) is -0.957. The van der Waals surface area contributed by atoms with Gasteiger partial charge in [-0.2, -0.15) is 0 Å². The molecule has 1 heterocycles. The largest absolute Gasteiger partial charge is 0.480 e. The van der Waals surface area contributed by atoms with Gasteiger partial charge >= 0.3 is 5.97 Å². The number of carboxylic acids is 1. The zero-order valence-corrected chi connectivity index (χ0v) is 9.48. The monoisotopic (exact) mass is 263 g/mol. The number of rotatable bonds is 3. The van der Waals surface area contributed by atoms with Gasteiger partial charge in [-0.1, -0.05) is 0 Å². The first-order valence-electron chi connectivity index (χ1n) is 3.74. The van der Waals surface area contributed by atoms with E-state index >= 15 is 0 Å². The minimum atomic E-state index is -0.957. The summed E-state index contributed by atoms with van der Waals surface area (Å²) in [5, 5.41) is 8.61. The van der Waals surface area contributed by atoms with Gasteiger partial charge in [0.05, 0.1) is 3.79 Å². The molecule has 0 radical (unpaired) electrons. The van der Waals surface area contributed by atoms with Crippen molar-refractivity contribution in [2.75, 3.05) is 0 Å². The highest BCUT2D eigenvalue weighted by Crippen LogP contribution is 2.26. The number of hydrogen-bond acceptors (Lipinski definition) is 3. The molecule has 0 saturated heterocycles. The molecule has 0 spiro atoms. The summed E-state index contributed by atoms with van der Waals surface area (Å²) in [6.45, 7) is 1.96. The van der Waals surface area contributed by atoms with Gasteiger partial charge in [0.15, 0.2) is 0 Å². The predicted molar refractivity (Wildman–Crippen MR) is 56.1 cm³/mol. The van der Waals surface area contributed by atoms with E-state index in [-0.39, 0.29) is 0 Å². The fourth-order valence-electron chi connectivity index (χ4n) is 1.01. The number of aryl methyl sites for hydroxylation is 1. The number of hydrogen-bond donors (Lipinski definition) is 2. The molecule has 0 saturated carbocycles. The summed E-state index contributed by atoms with van der Waals surface area (Å²) in [5.41, 5.74) is 6.42. The second-order valence-corrected chi connectivity index (χ2v) is 5.42. The standard InChI is InChI=1S/C8H10BrNO2S/c1-4-5(3-7(9)13-4)2-6(10)8(11)12/h3,6H,2,10H2,1H3,(H,11,12). The van der Waals surface area contributed by atoms with E-state index in [0.717, 1.165) is 14.2 Å². The molecule has 5 heteroatoms. The van der Waals surface area contributed by atoms with Crippen LogP contribution in [-0.2, 0) is 11.2 Å². The van der Waals surface area contributed by atoms with Gasteiger partial charge < -0.3 is 10.8 Å². The Balaban J connectivity index is 2.74. The Morgan fingerprint density at radius 1 is 1.85 bits per heavy atom. The van der Waals surface area contributed by atoms with Crippen LogP contribution in [0.15, 0.2) is 9.85 Å². The topological polar surface area (TPSA) is 63.3 Å². The highest BCUT2D eigenvalue weighted by atomic mass is 79.9. The van der Waals surface area contributed by atoms with Crippen molar-refractivity contribution in [1.82, 2.24) is 0 Å². The molecular weight excluding hydrogens is 254 g/mol. The van der Waals surface area contributed by atoms with Crippen molar-refractivity contribution < 1.29 is 9.90 Å². The lowest BCUT2D eigenvalue weighted by Crippen LogP contribution is -2.32. The first-order valence-corrected chi connectivity index (χ1v) is 5.35. The Kier molecular flexibility index (Phi) is 3.47. The van der Waals surface area contributed by atoms with Crippen LogP contribution in [0.25, 0.3) is 0 Å². The maximum atomic E-state index is 10.5. The number of halogens is 1. The maximum Gasteiger partial charge on any atom is 0.320 e. The highest BCUT2D eigenvalue weighted by Gasteiger charge is 2.14. The molecule has 0 fully saturated rings.